The Morgan fingerprint density at radius 3 is 2.41 bits per heavy atom. The van der Waals surface area contributed by atoms with E-state index in [1.54, 1.807) is 16.7 Å². The lowest BCUT2D eigenvalue weighted by Crippen LogP contribution is -2.35. The Hall–Kier alpha value is -2.99. The maximum atomic E-state index is 13.1. The number of carbonyl (C=O) groups is 1. The summed E-state index contributed by atoms with van der Waals surface area (Å²) < 4.78 is 1.79. The van der Waals surface area contributed by atoms with E-state index in [9.17, 15) is 9.59 Å². The molecule has 0 unspecified atom stereocenters. The van der Waals surface area contributed by atoms with Crippen LogP contribution in [0.5, 0.6) is 0 Å². The van der Waals surface area contributed by atoms with Gasteiger partial charge in [0, 0.05) is 30.8 Å². The number of likely N-dealkylation sites (tertiary alicyclic amines) is 1. The van der Waals surface area contributed by atoms with E-state index in [0.717, 1.165) is 42.7 Å². The van der Waals surface area contributed by atoms with Crippen molar-refractivity contribution in [3.05, 3.63) is 64.4 Å². The Balaban J connectivity index is 1.47. The van der Waals surface area contributed by atoms with Crippen LogP contribution in [-0.2, 0) is 6.54 Å². The molecule has 0 bridgehead atoms. The molecule has 0 spiro atoms. The Kier molecular flexibility index (Phi) is 7.32. The molecule has 1 aliphatic rings. The van der Waals surface area contributed by atoms with Crippen molar-refractivity contribution < 1.29 is 4.79 Å². The third-order valence-corrected chi connectivity index (χ3v) is 6.13. The number of para-hydroxylation sites is 2. The van der Waals surface area contributed by atoms with Crippen LogP contribution in [0.2, 0.25) is 0 Å². The molecule has 32 heavy (non-hydrogen) atoms. The van der Waals surface area contributed by atoms with Gasteiger partial charge in [-0.2, -0.15) is 0 Å². The van der Waals surface area contributed by atoms with Gasteiger partial charge in [0.25, 0.3) is 11.5 Å². The quantitative estimate of drug-likeness (QED) is 0.611. The van der Waals surface area contributed by atoms with E-state index < -0.39 is 0 Å². The van der Waals surface area contributed by atoms with Gasteiger partial charge in [-0.25, -0.2) is 4.98 Å². The molecular weight excluding hydrogens is 400 g/mol. The van der Waals surface area contributed by atoms with Gasteiger partial charge in [-0.3, -0.25) is 9.59 Å². The summed E-state index contributed by atoms with van der Waals surface area (Å²) >= 11 is 0. The van der Waals surface area contributed by atoms with Crippen LogP contribution in [0.15, 0.2) is 53.3 Å². The summed E-state index contributed by atoms with van der Waals surface area (Å²) in [6.45, 7) is 6.49. The minimum absolute atomic E-state index is 0.0822. The third kappa shape index (κ3) is 5.07. The molecule has 1 amide bonds. The number of aromatic nitrogens is 2. The predicted octanol–water partition coefficient (Wildman–Crippen LogP) is 4.08. The van der Waals surface area contributed by atoms with E-state index >= 15 is 0 Å². The fourth-order valence-electron chi connectivity index (χ4n) is 4.39. The highest BCUT2D eigenvalue weighted by Gasteiger charge is 2.14. The summed E-state index contributed by atoms with van der Waals surface area (Å²) in [7, 11) is 0. The number of aryl methyl sites for hydroxylation is 1. The zero-order valence-electron chi connectivity index (χ0n) is 18.8. The molecule has 1 saturated heterocycles. The molecule has 6 heteroatoms. The molecule has 3 aromatic rings. The number of nitrogens with one attached hydrogen (secondary N) is 1. The van der Waals surface area contributed by atoms with Crippen LogP contribution in [0.25, 0.3) is 22.3 Å². The molecule has 1 aromatic heterocycles. The summed E-state index contributed by atoms with van der Waals surface area (Å²) in [6.07, 6.45) is 5.98. The first kappa shape index (κ1) is 22.2. The van der Waals surface area contributed by atoms with Crippen LogP contribution in [0, 0.1) is 0 Å². The van der Waals surface area contributed by atoms with Crippen molar-refractivity contribution in [1.29, 1.82) is 0 Å². The first-order chi connectivity index (χ1) is 15.7. The minimum Gasteiger partial charge on any atom is -0.351 e. The second-order valence-corrected chi connectivity index (χ2v) is 8.50. The standard InChI is InChI=1S/C26H32N4O2/c1-2-16-30-23-10-6-5-9-22(23)28-24(26(30)32)20-11-13-21(14-12-20)25(31)27-15-19-29-17-7-3-4-8-18-29/h5-6,9-14H,2-4,7-8,15-19H2,1H3,(H,27,31). The lowest BCUT2D eigenvalue weighted by molar-refractivity contribution is 0.0948. The van der Waals surface area contributed by atoms with Gasteiger partial charge < -0.3 is 14.8 Å². The summed E-state index contributed by atoms with van der Waals surface area (Å²) in [6, 6.07) is 14.9. The van der Waals surface area contributed by atoms with Crippen molar-refractivity contribution in [3.63, 3.8) is 0 Å². The first-order valence-electron chi connectivity index (χ1n) is 11.8. The van der Waals surface area contributed by atoms with Crippen molar-refractivity contribution in [2.45, 2.75) is 45.6 Å². The highest BCUT2D eigenvalue weighted by Crippen LogP contribution is 2.19. The second kappa shape index (κ2) is 10.6. The number of hydrogen-bond donors (Lipinski definition) is 1. The van der Waals surface area contributed by atoms with Crippen molar-refractivity contribution >= 4 is 16.9 Å². The van der Waals surface area contributed by atoms with Gasteiger partial charge in [0.2, 0.25) is 0 Å². The van der Waals surface area contributed by atoms with Crippen LogP contribution < -0.4 is 10.9 Å². The van der Waals surface area contributed by atoms with E-state index in [-0.39, 0.29) is 11.5 Å². The maximum absolute atomic E-state index is 13.1. The molecule has 4 rings (SSSR count). The molecule has 0 aliphatic carbocycles. The molecule has 0 atom stereocenters. The molecule has 2 heterocycles. The minimum atomic E-state index is -0.0970. The number of nitrogens with zero attached hydrogens (tertiary/aromatic N) is 3. The lowest BCUT2D eigenvalue weighted by Gasteiger charge is -2.19. The van der Waals surface area contributed by atoms with Crippen molar-refractivity contribution in [1.82, 2.24) is 19.8 Å². The number of carbonyl (C=O) groups excluding carboxylic acids is 1. The summed E-state index contributed by atoms with van der Waals surface area (Å²) in [5.74, 6) is -0.0822. The Labute approximate surface area is 189 Å². The number of amides is 1. The molecular formula is C26H32N4O2. The van der Waals surface area contributed by atoms with Gasteiger partial charge >= 0.3 is 0 Å². The normalized spacial score (nSPS) is 14.9. The van der Waals surface area contributed by atoms with Gasteiger partial charge in [0.05, 0.1) is 11.0 Å². The second-order valence-electron chi connectivity index (χ2n) is 8.50. The highest BCUT2D eigenvalue weighted by molar-refractivity contribution is 5.94. The van der Waals surface area contributed by atoms with E-state index in [4.69, 9.17) is 0 Å². The van der Waals surface area contributed by atoms with E-state index in [1.807, 2.05) is 36.4 Å². The van der Waals surface area contributed by atoms with Crippen LogP contribution in [0.4, 0.5) is 0 Å². The van der Waals surface area contributed by atoms with Crippen molar-refractivity contribution in [2.75, 3.05) is 26.2 Å². The number of benzene rings is 2. The van der Waals surface area contributed by atoms with E-state index in [1.165, 1.54) is 25.7 Å². The summed E-state index contributed by atoms with van der Waals surface area (Å²) in [5, 5.41) is 3.03. The van der Waals surface area contributed by atoms with Gasteiger partial charge in [0.15, 0.2) is 0 Å². The average Bonchev–Trinajstić information content (AvgIpc) is 3.10. The van der Waals surface area contributed by atoms with E-state index in [0.29, 0.717) is 24.3 Å². The van der Waals surface area contributed by atoms with Crippen molar-refractivity contribution in [2.24, 2.45) is 0 Å². The molecule has 1 fully saturated rings. The Bertz CT molecular complexity index is 1110. The van der Waals surface area contributed by atoms with Crippen LogP contribution in [0.3, 0.4) is 0 Å². The number of hydrogen-bond acceptors (Lipinski definition) is 4. The molecule has 0 saturated carbocycles. The largest absolute Gasteiger partial charge is 0.351 e. The van der Waals surface area contributed by atoms with Crippen LogP contribution in [0.1, 0.15) is 49.4 Å². The molecule has 168 valence electrons. The molecule has 2 aromatic carbocycles. The molecule has 0 radical (unpaired) electrons. The van der Waals surface area contributed by atoms with E-state index in [2.05, 4.69) is 22.1 Å². The Morgan fingerprint density at radius 1 is 0.969 bits per heavy atom. The van der Waals surface area contributed by atoms with Crippen LogP contribution in [-0.4, -0.2) is 46.5 Å². The van der Waals surface area contributed by atoms with Gasteiger partial charge in [-0.05, 0) is 56.6 Å². The summed E-state index contributed by atoms with van der Waals surface area (Å²) in [5.41, 5.74) is 3.30. The SMILES string of the molecule is CCCn1c(=O)c(-c2ccc(C(=O)NCCN3CCCCCC3)cc2)nc2ccccc21. The number of rotatable bonds is 7. The topological polar surface area (TPSA) is 67.2 Å². The third-order valence-electron chi connectivity index (χ3n) is 6.13. The fourth-order valence-corrected chi connectivity index (χ4v) is 4.39. The lowest BCUT2D eigenvalue weighted by atomic mass is 10.1. The summed E-state index contributed by atoms with van der Waals surface area (Å²) in [4.78, 5) is 32.8. The molecule has 6 nitrogen and oxygen atoms in total. The molecule has 1 aliphatic heterocycles. The zero-order chi connectivity index (χ0) is 22.3. The van der Waals surface area contributed by atoms with Gasteiger partial charge in [-0.1, -0.05) is 44.0 Å². The van der Waals surface area contributed by atoms with Crippen LogP contribution >= 0.6 is 0 Å². The predicted molar refractivity (Wildman–Crippen MR) is 129 cm³/mol. The fraction of sp³-hybridized carbons (Fsp3) is 0.423. The maximum Gasteiger partial charge on any atom is 0.277 e. The highest BCUT2D eigenvalue weighted by atomic mass is 16.1. The Morgan fingerprint density at radius 2 is 1.69 bits per heavy atom. The number of fused-ring (bicyclic) bond motifs is 1. The van der Waals surface area contributed by atoms with Gasteiger partial charge in [0.1, 0.15) is 5.69 Å². The monoisotopic (exact) mass is 432 g/mol. The van der Waals surface area contributed by atoms with Gasteiger partial charge in [-0.15, -0.1) is 0 Å². The first-order valence-corrected chi connectivity index (χ1v) is 11.8. The zero-order valence-corrected chi connectivity index (χ0v) is 18.8. The van der Waals surface area contributed by atoms with Crippen molar-refractivity contribution in [3.8, 4) is 11.3 Å². The molecule has 1 N–H and O–H groups in total. The average molecular weight is 433 g/mol. The smallest absolute Gasteiger partial charge is 0.277 e.